The Morgan fingerprint density at radius 1 is 1.24 bits per heavy atom. The largest absolute Gasteiger partial charge is 0.491 e. The van der Waals surface area contributed by atoms with Gasteiger partial charge in [-0.05, 0) is 0 Å². The van der Waals surface area contributed by atoms with Crippen molar-refractivity contribution in [3.8, 4) is 17.2 Å². The Labute approximate surface area is 122 Å². The van der Waals surface area contributed by atoms with E-state index in [4.69, 9.17) is 23.7 Å². The molecule has 114 valence electrons. The molecule has 0 radical (unpaired) electrons. The highest BCUT2D eigenvalue weighted by Gasteiger charge is 2.31. The molecule has 2 aliphatic rings. The molecule has 7 heteroatoms. The molecule has 1 fully saturated rings. The van der Waals surface area contributed by atoms with Crippen LogP contribution in [0.2, 0.25) is 0 Å². The minimum absolute atomic E-state index is 0.110. The lowest BCUT2D eigenvalue weighted by Crippen LogP contribution is -2.37. The molecule has 7 nitrogen and oxygen atoms in total. The molecule has 1 aromatic carbocycles. The molecule has 0 aliphatic carbocycles. The summed E-state index contributed by atoms with van der Waals surface area (Å²) in [6, 6.07) is 1.64. The van der Waals surface area contributed by atoms with Gasteiger partial charge in [-0.15, -0.1) is 0 Å². The number of carbonyl (C=O) groups excluding carboxylic acids is 1. The van der Waals surface area contributed by atoms with E-state index >= 15 is 0 Å². The Morgan fingerprint density at radius 2 is 2.00 bits per heavy atom. The van der Waals surface area contributed by atoms with Gasteiger partial charge in [-0.25, -0.2) is 4.79 Å². The average molecular weight is 295 g/mol. The summed E-state index contributed by atoms with van der Waals surface area (Å²) in [6.45, 7) is 2.63. The van der Waals surface area contributed by atoms with Crippen LogP contribution < -0.4 is 19.1 Å². The van der Waals surface area contributed by atoms with Gasteiger partial charge in [0.1, 0.15) is 0 Å². The van der Waals surface area contributed by atoms with E-state index in [0.29, 0.717) is 54.8 Å². The van der Waals surface area contributed by atoms with E-state index in [2.05, 4.69) is 0 Å². The molecule has 21 heavy (non-hydrogen) atoms. The minimum atomic E-state index is -0.437. The SMILES string of the molecule is COC(=O)c1cc2c(c(OC)c1N1CCOCC1)OCO2. The molecule has 0 unspecified atom stereocenters. The van der Waals surface area contributed by atoms with Gasteiger partial charge >= 0.3 is 5.97 Å². The van der Waals surface area contributed by atoms with Gasteiger partial charge in [0.05, 0.1) is 38.7 Å². The molecule has 0 bridgehead atoms. The van der Waals surface area contributed by atoms with Crippen LogP contribution in [0.25, 0.3) is 0 Å². The summed E-state index contributed by atoms with van der Waals surface area (Å²) >= 11 is 0. The number of methoxy groups -OCH3 is 2. The molecule has 0 N–H and O–H groups in total. The van der Waals surface area contributed by atoms with Crippen molar-refractivity contribution in [1.82, 2.24) is 0 Å². The van der Waals surface area contributed by atoms with E-state index in [1.165, 1.54) is 7.11 Å². The van der Waals surface area contributed by atoms with Gasteiger partial charge in [0.2, 0.25) is 12.5 Å². The van der Waals surface area contributed by atoms with Gasteiger partial charge in [0, 0.05) is 19.2 Å². The van der Waals surface area contributed by atoms with E-state index in [9.17, 15) is 4.79 Å². The normalized spacial score (nSPS) is 16.8. The van der Waals surface area contributed by atoms with Crippen molar-refractivity contribution >= 4 is 11.7 Å². The number of morpholine rings is 1. The third-order valence-electron chi connectivity index (χ3n) is 3.53. The Hall–Kier alpha value is -2.15. The number of rotatable bonds is 3. The third kappa shape index (κ3) is 2.33. The Kier molecular flexibility index (Phi) is 3.74. The van der Waals surface area contributed by atoms with Gasteiger partial charge in [0.15, 0.2) is 11.5 Å². The highest BCUT2D eigenvalue weighted by molar-refractivity contribution is 5.99. The molecular formula is C14H17NO6. The predicted molar refractivity (Wildman–Crippen MR) is 73.5 cm³/mol. The first-order valence-corrected chi connectivity index (χ1v) is 6.68. The van der Waals surface area contributed by atoms with Crippen LogP contribution in [0.5, 0.6) is 17.2 Å². The Morgan fingerprint density at radius 3 is 2.67 bits per heavy atom. The smallest absolute Gasteiger partial charge is 0.340 e. The molecule has 1 saturated heterocycles. The van der Waals surface area contributed by atoms with Crippen LogP contribution in [-0.2, 0) is 9.47 Å². The first-order chi connectivity index (χ1) is 10.3. The summed E-state index contributed by atoms with van der Waals surface area (Å²) in [5.74, 6) is 1.07. The summed E-state index contributed by atoms with van der Waals surface area (Å²) < 4.78 is 26.5. The molecular weight excluding hydrogens is 278 g/mol. The molecule has 0 amide bonds. The Bertz CT molecular complexity index is 553. The molecule has 2 aliphatic heterocycles. The van der Waals surface area contributed by atoms with E-state index < -0.39 is 5.97 Å². The maximum absolute atomic E-state index is 12.1. The highest BCUT2D eigenvalue weighted by Crippen LogP contribution is 2.49. The number of esters is 1. The zero-order chi connectivity index (χ0) is 14.8. The summed E-state index contributed by atoms with van der Waals surface area (Å²) in [7, 11) is 2.89. The van der Waals surface area contributed by atoms with E-state index in [0.717, 1.165) is 0 Å². The minimum Gasteiger partial charge on any atom is -0.491 e. The van der Waals surface area contributed by atoms with Crippen LogP contribution in [0, 0.1) is 0 Å². The third-order valence-corrected chi connectivity index (χ3v) is 3.53. The van der Waals surface area contributed by atoms with E-state index in [1.807, 2.05) is 4.90 Å². The zero-order valence-corrected chi connectivity index (χ0v) is 12.0. The number of fused-ring (bicyclic) bond motifs is 1. The van der Waals surface area contributed by atoms with Gasteiger partial charge in [-0.3, -0.25) is 0 Å². The second-order valence-corrected chi connectivity index (χ2v) is 4.63. The monoisotopic (exact) mass is 295 g/mol. The quantitative estimate of drug-likeness (QED) is 0.772. The maximum Gasteiger partial charge on any atom is 0.340 e. The van der Waals surface area contributed by atoms with Crippen LogP contribution in [0.3, 0.4) is 0 Å². The van der Waals surface area contributed by atoms with E-state index in [-0.39, 0.29) is 6.79 Å². The van der Waals surface area contributed by atoms with Crippen molar-refractivity contribution in [2.45, 2.75) is 0 Å². The van der Waals surface area contributed by atoms with Crippen LogP contribution in [0.15, 0.2) is 6.07 Å². The average Bonchev–Trinajstić information content (AvgIpc) is 3.01. The number of carbonyl (C=O) groups is 1. The molecule has 0 aromatic heterocycles. The van der Waals surface area contributed by atoms with Gasteiger partial charge in [-0.1, -0.05) is 0 Å². The van der Waals surface area contributed by atoms with Crippen molar-refractivity contribution in [1.29, 1.82) is 0 Å². The number of hydrogen-bond acceptors (Lipinski definition) is 7. The molecule has 0 saturated carbocycles. The van der Waals surface area contributed by atoms with Crippen molar-refractivity contribution in [3.63, 3.8) is 0 Å². The van der Waals surface area contributed by atoms with Crippen LogP contribution >= 0.6 is 0 Å². The fourth-order valence-electron chi connectivity index (χ4n) is 2.56. The topological polar surface area (TPSA) is 66.5 Å². The molecule has 0 atom stereocenters. The lowest BCUT2D eigenvalue weighted by Gasteiger charge is -2.31. The standard InChI is InChI=1S/C14H17NO6/c1-17-13-11(15-3-5-19-6-4-15)9(14(16)18-2)7-10-12(13)21-8-20-10/h7H,3-6,8H2,1-2H3. The second-order valence-electron chi connectivity index (χ2n) is 4.63. The van der Waals surface area contributed by atoms with Gasteiger partial charge < -0.3 is 28.6 Å². The highest BCUT2D eigenvalue weighted by atomic mass is 16.7. The van der Waals surface area contributed by atoms with E-state index in [1.54, 1.807) is 13.2 Å². The van der Waals surface area contributed by atoms with Crippen molar-refractivity contribution in [3.05, 3.63) is 11.6 Å². The first kappa shape index (κ1) is 13.8. The second kappa shape index (κ2) is 5.69. The predicted octanol–water partition coefficient (Wildman–Crippen LogP) is 1.05. The maximum atomic E-state index is 12.1. The van der Waals surface area contributed by atoms with Crippen molar-refractivity contribution in [2.24, 2.45) is 0 Å². The fourth-order valence-corrected chi connectivity index (χ4v) is 2.56. The summed E-state index contributed by atoms with van der Waals surface area (Å²) in [6.07, 6.45) is 0. The number of benzene rings is 1. The number of hydrogen-bond donors (Lipinski definition) is 0. The molecule has 3 rings (SSSR count). The first-order valence-electron chi connectivity index (χ1n) is 6.68. The zero-order valence-electron chi connectivity index (χ0n) is 12.0. The Balaban J connectivity index is 2.15. The number of ether oxygens (including phenoxy) is 5. The molecule has 0 spiro atoms. The summed E-state index contributed by atoms with van der Waals surface area (Å²) in [5.41, 5.74) is 1.07. The number of nitrogens with zero attached hydrogens (tertiary/aromatic N) is 1. The number of anilines is 1. The summed E-state index contributed by atoms with van der Waals surface area (Å²) in [4.78, 5) is 14.2. The van der Waals surface area contributed by atoms with Crippen LogP contribution in [0.4, 0.5) is 5.69 Å². The van der Waals surface area contributed by atoms with Crippen LogP contribution in [0.1, 0.15) is 10.4 Å². The van der Waals surface area contributed by atoms with Crippen molar-refractivity contribution < 1.29 is 28.5 Å². The van der Waals surface area contributed by atoms with Gasteiger partial charge in [0.25, 0.3) is 0 Å². The lowest BCUT2D eigenvalue weighted by atomic mass is 10.1. The molecule has 2 heterocycles. The van der Waals surface area contributed by atoms with Gasteiger partial charge in [-0.2, -0.15) is 0 Å². The molecule has 1 aromatic rings. The summed E-state index contributed by atoms with van der Waals surface area (Å²) in [5, 5.41) is 0. The lowest BCUT2D eigenvalue weighted by molar-refractivity contribution is 0.0599. The fraction of sp³-hybridized carbons (Fsp3) is 0.500. The van der Waals surface area contributed by atoms with Crippen molar-refractivity contribution in [2.75, 3.05) is 52.2 Å². The van der Waals surface area contributed by atoms with Crippen LogP contribution in [-0.4, -0.2) is 53.3 Å².